The fourth-order valence-corrected chi connectivity index (χ4v) is 4.24. The molecule has 2 unspecified atom stereocenters. The first kappa shape index (κ1) is 17.7. The van der Waals surface area contributed by atoms with Crippen molar-refractivity contribution in [3.05, 3.63) is 0 Å². The molecule has 2 amide bonds. The minimum Gasteiger partial charge on any atom is -0.342 e. The summed E-state index contributed by atoms with van der Waals surface area (Å²) in [6.07, 6.45) is 7.51. The number of carbonyl (C=O) groups excluding carboxylic acids is 2. The molecule has 2 N–H and O–H groups in total. The van der Waals surface area contributed by atoms with Crippen molar-refractivity contribution in [3.8, 4) is 0 Å². The van der Waals surface area contributed by atoms with E-state index in [1.165, 1.54) is 12.8 Å². The Hall–Kier alpha value is -1.14. The Balaban J connectivity index is 1.41. The van der Waals surface area contributed by atoms with Crippen molar-refractivity contribution in [2.75, 3.05) is 45.8 Å². The summed E-state index contributed by atoms with van der Waals surface area (Å²) in [5.41, 5.74) is 5.93. The summed E-state index contributed by atoms with van der Waals surface area (Å²) in [5, 5.41) is 0. The SMILES string of the molecule is NC1CCC(C(=O)N2CCN(CC(=O)N3CCCCCC3)CC2)C1. The molecule has 0 spiro atoms. The van der Waals surface area contributed by atoms with Crippen molar-refractivity contribution in [1.82, 2.24) is 14.7 Å². The molecule has 3 aliphatic rings. The number of hydrogen-bond acceptors (Lipinski definition) is 4. The monoisotopic (exact) mass is 336 g/mol. The highest BCUT2D eigenvalue weighted by Gasteiger charge is 2.32. The molecule has 0 aromatic rings. The van der Waals surface area contributed by atoms with Gasteiger partial charge in [0.2, 0.25) is 11.8 Å². The maximum atomic E-state index is 12.5. The van der Waals surface area contributed by atoms with E-state index in [0.717, 1.165) is 71.4 Å². The minimum absolute atomic E-state index is 0.130. The van der Waals surface area contributed by atoms with Crippen molar-refractivity contribution in [1.29, 1.82) is 0 Å². The van der Waals surface area contributed by atoms with Gasteiger partial charge in [0.15, 0.2) is 0 Å². The van der Waals surface area contributed by atoms with E-state index in [9.17, 15) is 9.59 Å². The number of amides is 2. The molecule has 3 fully saturated rings. The average molecular weight is 336 g/mol. The van der Waals surface area contributed by atoms with Crippen LogP contribution in [0.15, 0.2) is 0 Å². The summed E-state index contributed by atoms with van der Waals surface area (Å²) < 4.78 is 0. The standard InChI is InChI=1S/C18H32N4O2/c19-16-6-5-15(13-16)18(24)22-11-9-20(10-12-22)14-17(23)21-7-3-1-2-4-8-21/h15-16H,1-14,19H2. The summed E-state index contributed by atoms with van der Waals surface area (Å²) in [5.74, 6) is 0.671. The molecule has 6 nitrogen and oxygen atoms in total. The normalized spacial score (nSPS) is 29.5. The van der Waals surface area contributed by atoms with Gasteiger partial charge in [-0.15, -0.1) is 0 Å². The summed E-state index contributed by atoms with van der Waals surface area (Å²) in [7, 11) is 0. The molecule has 3 rings (SSSR count). The summed E-state index contributed by atoms with van der Waals surface area (Å²) >= 11 is 0. The molecule has 2 heterocycles. The van der Waals surface area contributed by atoms with Gasteiger partial charge in [-0.3, -0.25) is 14.5 Å². The molecule has 2 aliphatic heterocycles. The van der Waals surface area contributed by atoms with E-state index >= 15 is 0 Å². The van der Waals surface area contributed by atoms with Crippen molar-refractivity contribution >= 4 is 11.8 Å². The molecule has 6 heteroatoms. The molecule has 1 aliphatic carbocycles. The van der Waals surface area contributed by atoms with E-state index in [-0.39, 0.29) is 23.8 Å². The lowest BCUT2D eigenvalue weighted by Gasteiger charge is -2.36. The Labute approximate surface area is 145 Å². The third-order valence-electron chi connectivity index (χ3n) is 5.82. The lowest BCUT2D eigenvalue weighted by Crippen LogP contribution is -2.52. The Kier molecular flexibility index (Phi) is 6.11. The van der Waals surface area contributed by atoms with Crippen molar-refractivity contribution in [2.45, 2.75) is 51.0 Å². The van der Waals surface area contributed by atoms with E-state index in [1.54, 1.807) is 0 Å². The maximum Gasteiger partial charge on any atom is 0.236 e. The van der Waals surface area contributed by atoms with Crippen LogP contribution in [0.5, 0.6) is 0 Å². The van der Waals surface area contributed by atoms with Gasteiger partial charge >= 0.3 is 0 Å². The van der Waals surface area contributed by atoms with E-state index in [1.807, 2.05) is 9.80 Å². The average Bonchev–Trinajstić information content (AvgIpc) is 2.85. The Morgan fingerprint density at radius 1 is 0.833 bits per heavy atom. The van der Waals surface area contributed by atoms with Crippen LogP contribution >= 0.6 is 0 Å². The zero-order chi connectivity index (χ0) is 16.9. The van der Waals surface area contributed by atoms with Crippen LogP contribution < -0.4 is 5.73 Å². The van der Waals surface area contributed by atoms with Crippen molar-refractivity contribution in [3.63, 3.8) is 0 Å². The van der Waals surface area contributed by atoms with Crippen LogP contribution in [-0.4, -0.2) is 78.4 Å². The second-order valence-electron chi connectivity index (χ2n) is 7.67. The largest absolute Gasteiger partial charge is 0.342 e. The predicted octanol–water partition coefficient (Wildman–Crippen LogP) is 0.661. The van der Waals surface area contributed by atoms with Crippen molar-refractivity contribution < 1.29 is 9.59 Å². The highest BCUT2D eigenvalue weighted by atomic mass is 16.2. The van der Waals surface area contributed by atoms with E-state index in [2.05, 4.69) is 4.90 Å². The van der Waals surface area contributed by atoms with Gasteiger partial charge in [-0.25, -0.2) is 0 Å². The van der Waals surface area contributed by atoms with E-state index in [0.29, 0.717) is 6.54 Å². The predicted molar refractivity (Wildman–Crippen MR) is 93.4 cm³/mol. The number of nitrogens with zero attached hydrogens (tertiary/aromatic N) is 3. The molecule has 0 aromatic carbocycles. The first-order valence-corrected chi connectivity index (χ1v) is 9.68. The van der Waals surface area contributed by atoms with Crippen LogP contribution in [0.1, 0.15) is 44.9 Å². The van der Waals surface area contributed by atoms with Crippen LogP contribution in [0.25, 0.3) is 0 Å². The number of rotatable bonds is 3. The number of likely N-dealkylation sites (tertiary alicyclic amines) is 1. The fourth-order valence-electron chi connectivity index (χ4n) is 4.24. The molecular weight excluding hydrogens is 304 g/mol. The second-order valence-corrected chi connectivity index (χ2v) is 7.67. The number of carbonyl (C=O) groups is 2. The molecule has 136 valence electrons. The molecular formula is C18H32N4O2. The lowest BCUT2D eigenvalue weighted by molar-refractivity contribution is -0.138. The third kappa shape index (κ3) is 4.48. The van der Waals surface area contributed by atoms with Gasteiger partial charge in [-0.05, 0) is 32.1 Å². The smallest absolute Gasteiger partial charge is 0.236 e. The highest BCUT2D eigenvalue weighted by molar-refractivity contribution is 5.80. The zero-order valence-corrected chi connectivity index (χ0v) is 14.8. The summed E-state index contributed by atoms with van der Waals surface area (Å²) in [4.78, 5) is 31.2. The molecule has 0 bridgehead atoms. The van der Waals surface area contributed by atoms with Crippen LogP contribution in [0, 0.1) is 5.92 Å². The molecule has 2 atom stereocenters. The minimum atomic E-state index is 0.130. The third-order valence-corrected chi connectivity index (χ3v) is 5.82. The van der Waals surface area contributed by atoms with Gasteiger partial charge in [0.25, 0.3) is 0 Å². The van der Waals surface area contributed by atoms with Crippen LogP contribution in [0.4, 0.5) is 0 Å². The molecule has 2 saturated heterocycles. The topological polar surface area (TPSA) is 69.9 Å². The fraction of sp³-hybridized carbons (Fsp3) is 0.889. The molecule has 24 heavy (non-hydrogen) atoms. The van der Waals surface area contributed by atoms with Gasteiger partial charge in [-0.1, -0.05) is 12.8 Å². The Morgan fingerprint density at radius 3 is 2.08 bits per heavy atom. The Bertz CT molecular complexity index is 440. The zero-order valence-electron chi connectivity index (χ0n) is 14.8. The van der Waals surface area contributed by atoms with Gasteiger partial charge in [0.05, 0.1) is 6.54 Å². The summed E-state index contributed by atoms with van der Waals surface area (Å²) in [6, 6.07) is 0.200. The maximum absolute atomic E-state index is 12.5. The molecule has 1 saturated carbocycles. The second kappa shape index (κ2) is 8.30. The van der Waals surface area contributed by atoms with E-state index < -0.39 is 0 Å². The molecule has 0 aromatic heterocycles. The van der Waals surface area contributed by atoms with Gasteiger partial charge in [0, 0.05) is 51.2 Å². The summed E-state index contributed by atoms with van der Waals surface area (Å²) in [6.45, 7) is 5.46. The van der Waals surface area contributed by atoms with Crippen molar-refractivity contribution in [2.24, 2.45) is 11.7 Å². The van der Waals surface area contributed by atoms with Crippen LogP contribution in [-0.2, 0) is 9.59 Å². The molecule has 0 radical (unpaired) electrons. The van der Waals surface area contributed by atoms with Gasteiger partial charge in [-0.2, -0.15) is 0 Å². The van der Waals surface area contributed by atoms with Crippen LogP contribution in [0.3, 0.4) is 0 Å². The lowest BCUT2D eigenvalue weighted by atomic mass is 10.1. The first-order chi connectivity index (χ1) is 11.6. The first-order valence-electron chi connectivity index (χ1n) is 9.68. The number of piperazine rings is 1. The number of hydrogen-bond donors (Lipinski definition) is 1. The number of nitrogens with two attached hydrogens (primary N) is 1. The quantitative estimate of drug-likeness (QED) is 0.822. The Morgan fingerprint density at radius 2 is 1.50 bits per heavy atom. The van der Waals surface area contributed by atoms with E-state index in [4.69, 9.17) is 5.73 Å². The van der Waals surface area contributed by atoms with Gasteiger partial charge < -0.3 is 15.5 Å². The highest BCUT2D eigenvalue weighted by Crippen LogP contribution is 2.26. The van der Waals surface area contributed by atoms with Crippen LogP contribution in [0.2, 0.25) is 0 Å². The van der Waals surface area contributed by atoms with Gasteiger partial charge in [0.1, 0.15) is 0 Å².